The van der Waals surface area contributed by atoms with Gasteiger partial charge in [0.1, 0.15) is 11.6 Å². The summed E-state index contributed by atoms with van der Waals surface area (Å²) in [5.74, 6) is 1.26. The predicted molar refractivity (Wildman–Crippen MR) is 121 cm³/mol. The lowest BCUT2D eigenvalue weighted by atomic mass is 10.1. The summed E-state index contributed by atoms with van der Waals surface area (Å²) < 4.78 is 20.8. The van der Waals surface area contributed by atoms with E-state index in [0.29, 0.717) is 10.9 Å². The van der Waals surface area contributed by atoms with Crippen LogP contribution >= 0.6 is 11.8 Å². The maximum absolute atomic E-state index is 13.6. The number of nitrogens with one attached hydrogen (secondary N) is 1. The van der Waals surface area contributed by atoms with Gasteiger partial charge in [-0.05, 0) is 76.2 Å². The molecule has 2 unspecified atom stereocenters. The number of furan rings is 1. The summed E-state index contributed by atoms with van der Waals surface area (Å²) in [6.07, 6.45) is 5.18. The summed E-state index contributed by atoms with van der Waals surface area (Å²) in [6, 6.07) is 9.76. The Labute approximate surface area is 191 Å². The first-order valence-corrected chi connectivity index (χ1v) is 11.9. The Hall–Kier alpha value is -2.65. The summed E-state index contributed by atoms with van der Waals surface area (Å²) >= 11 is 1.31. The lowest BCUT2D eigenvalue weighted by Gasteiger charge is -2.31. The van der Waals surface area contributed by atoms with E-state index in [1.54, 1.807) is 24.5 Å². The lowest BCUT2D eigenvalue weighted by molar-refractivity contribution is -0.119. The molecule has 170 valence electrons. The second kappa shape index (κ2) is 10.3. The second-order valence-corrected chi connectivity index (χ2v) is 8.96. The number of nitrogens with zero attached hydrogens (tertiary/aromatic N) is 4. The lowest BCUT2D eigenvalue weighted by Crippen LogP contribution is -2.33. The number of aromatic nitrogens is 3. The van der Waals surface area contributed by atoms with Crippen LogP contribution in [0.25, 0.3) is 5.69 Å². The maximum atomic E-state index is 13.6. The standard InChI is InChI=1S/C23H28FN5O2S/c1-16(20-7-6-14-31-20)25-21(30)15-32-23-27-26-22(17(2)28-12-4-3-5-13-28)29(23)19-10-8-18(24)9-11-19/h6-11,14,16-17H,3-5,12-13,15H2,1-2H3,(H,25,30). The largest absolute Gasteiger partial charge is 0.467 e. The molecule has 0 radical (unpaired) electrons. The van der Waals surface area contributed by atoms with E-state index in [4.69, 9.17) is 4.42 Å². The van der Waals surface area contributed by atoms with Crippen LogP contribution in [0.3, 0.4) is 0 Å². The summed E-state index contributed by atoms with van der Waals surface area (Å²) in [7, 11) is 0. The molecule has 1 aliphatic heterocycles. The highest BCUT2D eigenvalue weighted by Crippen LogP contribution is 2.29. The quantitative estimate of drug-likeness (QED) is 0.502. The van der Waals surface area contributed by atoms with Gasteiger partial charge in [0, 0.05) is 5.69 Å². The molecule has 1 aliphatic rings. The Morgan fingerprint density at radius 1 is 1.16 bits per heavy atom. The fraction of sp³-hybridized carbons (Fsp3) is 0.435. The van der Waals surface area contributed by atoms with Crippen molar-refractivity contribution >= 4 is 17.7 Å². The Balaban J connectivity index is 1.52. The van der Waals surface area contributed by atoms with Gasteiger partial charge in [-0.3, -0.25) is 14.3 Å². The molecule has 1 fully saturated rings. The molecule has 3 heterocycles. The summed E-state index contributed by atoms with van der Waals surface area (Å²) in [4.78, 5) is 14.9. The molecule has 2 aromatic heterocycles. The minimum Gasteiger partial charge on any atom is -0.467 e. The van der Waals surface area contributed by atoms with Crippen LogP contribution in [0.15, 0.2) is 52.2 Å². The number of rotatable bonds is 8. The molecule has 3 aromatic rings. The van der Waals surface area contributed by atoms with Crippen molar-refractivity contribution in [3.05, 3.63) is 60.1 Å². The zero-order chi connectivity index (χ0) is 22.5. The van der Waals surface area contributed by atoms with Crippen molar-refractivity contribution in [2.75, 3.05) is 18.8 Å². The Bertz CT molecular complexity index is 1020. The molecule has 4 rings (SSSR count). The fourth-order valence-corrected chi connectivity index (χ4v) is 4.74. The van der Waals surface area contributed by atoms with Crippen LogP contribution in [-0.2, 0) is 4.79 Å². The van der Waals surface area contributed by atoms with E-state index in [1.165, 1.54) is 43.2 Å². The fourth-order valence-electron chi connectivity index (χ4n) is 3.97. The molecular formula is C23H28FN5O2S. The maximum Gasteiger partial charge on any atom is 0.231 e. The van der Waals surface area contributed by atoms with Crippen LogP contribution in [0.1, 0.15) is 56.8 Å². The number of piperidine rings is 1. The van der Waals surface area contributed by atoms with Crippen molar-refractivity contribution in [2.24, 2.45) is 0 Å². The van der Waals surface area contributed by atoms with Gasteiger partial charge in [-0.25, -0.2) is 4.39 Å². The number of thioether (sulfide) groups is 1. The number of carbonyl (C=O) groups is 1. The molecular weight excluding hydrogens is 429 g/mol. The smallest absolute Gasteiger partial charge is 0.231 e. The Morgan fingerprint density at radius 2 is 1.91 bits per heavy atom. The molecule has 1 amide bonds. The number of likely N-dealkylation sites (tertiary alicyclic amines) is 1. The summed E-state index contributed by atoms with van der Waals surface area (Å²) in [5.41, 5.74) is 0.780. The topological polar surface area (TPSA) is 76.2 Å². The van der Waals surface area contributed by atoms with E-state index in [1.807, 2.05) is 17.6 Å². The minimum absolute atomic E-state index is 0.0648. The highest BCUT2D eigenvalue weighted by Gasteiger charge is 2.26. The Kier molecular flexibility index (Phi) is 7.26. The molecule has 0 saturated carbocycles. The third kappa shape index (κ3) is 5.21. The number of halogens is 1. The zero-order valence-electron chi connectivity index (χ0n) is 18.3. The van der Waals surface area contributed by atoms with E-state index in [0.717, 1.165) is 24.6 Å². The number of benzene rings is 1. The van der Waals surface area contributed by atoms with E-state index in [-0.39, 0.29) is 29.6 Å². The van der Waals surface area contributed by atoms with Crippen LogP contribution in [-0.4, -0.2) is 44.4 Å². The third-order valence-electron chi connectivity index (χ3n) is 5.74. The van der Waals surface area contributed by atoms with Crippen molar-refractivity contribution in [2.45, 2.75) is 50.4 Å². The van der Waals surface area contributed by atoms with Gasteiger partial charge >= 0.3 is 0 Å². The van der Waals surface area contributed by atoms with E-state index in [2.05, 4.69) is 27.3 Å². The molecule has 32 heavy (non-hydrogen) atoms. The van der Waals surface area contributed by atoms with Gasteiger partial charge in [-0.2, -0.15) is 0 Å². The van der Waals surface area contributed by atoms with Crippen LogP contribution in [0.5, 0.6) is 0 Å². The molecule has 0 aliphatic carbocycles. The van der Waals surface area contributed by atoms with Crippen molar-refractivity contribution in [1.82, 2.24) is 25.0 Å². The first-order chi connectivity index (χ1) is 15.5. The molecule has 0 bridgehead atoms. The van der Waals surface area contributed by atoms with Crippen LogP contribution < -0.4 is 5.32 Å². The first-order valence-electron chi connectivity index (χ1n) is 10.9. The van der Waals surface area contributed by atoms with E-state index >= 15 is 0 Å². The van der Waals surface area contributed by atoms with Crippen LogP contribution in [0.2, 0.25) is 0 Å². The molecule has 1 aromatic carbocycles. The summed E-state index contributed by atoms with van der Waals surface area (Å²) in [6.45, 7) is 6.04. The third-order valence-corrected chi connectivity index (χ3v) is 6.66. The van der Waals surface area contributed by atoms with E-state index in [9.17, 15) is 9.18 Å². The van der Waals surface area contributed by atoms with Gasteiger partial charge in [0.05, 0.1) is 24.1 Å². The number of hydrogen-bond acceptors (Lipinski definition) is 6. The van der Waals surface area contributed by atoms with Gasteiger partial charge in [0.15, 0.2) is 11.0 Å². The van der Waals surface area contributed by atoms with Gasteiger partial charge in [-0.1, -0.05) is 18.2 Å². The second-order valence-electron chi connectivity index (χ2n) is 8.02. The molecule has 1 N–H and O–H groups in total. The monoisotopic (exact) mass is 457 g/mol. The first kappa shape index (κ1) is 22.5. The van der Waals surface area contributed by atoms with Crippen LogP contribution in [0, 0.1) is 5.82 Å². The highest BCUT2D eigenvalue weighted by atomic mass is 32.2. The molecule has 2 atom stereocenters. The molecule has 1 saturated heterocycles. The zero-order valence-corrected chi connectivity index (χ0v) is 19.1. The molecule has 0 spiro atoms. The van der Waals surface area contributed by atoms with Crippen molar-refractivity contribution in [1.29, 1.82) is 0 Å². The predicted octanol–water partition coefficient (Wildman–Crippen LogP) is 4.52. The van der Waals surface area contributed by atoms with Gasteiger partial charge < -0.3 is 9.73 Å². The summed E-state index contributed by atoms with van der Waals surface area (Å²) in [5, 5.41) is 12.4. The van der Waals surface area contributed by atoms with Gasteiger partial charge in [0.25, 0.3) is 0 Å². The number of hydrogen-bond donors (Lipinski definition) is 1. The minimum atomic E-state index is -0.298. The average Bonchev–Trinajstić information content (AvgIpc) is 3.49. The van der Waals surface area contributed by atoms with Crippen molar-refractivity contribution < 1.29 is 13.6 Å². The molecule has 7 nitrogen and oxygen atoms in total. The Morgan fingerprint density at radius 3 is 2.59 bits per heavy atom. The van der Waals surface area contributed by atoms with Gasteiger partial charge in [-0.15, -0.1) is 10.2 Å². The van der Waals surface area contributed by atoms with E-state index < -0.39 is 0 Å². The highest BCUT2D eigenvalue weighted by molar-refractivity contribution is 7.99. The SMILES string of the molecule is CC(NC(=O)CSc1nnc(C(C)N2CCCCC2)n1-c1ccc(F)cc1)c1ccco1. The average molecular weight is 458 g/mol. The van der Waals surface area contributed by atoms with Gasteiger partial charge in [0.2, 0.25) is 5.91 Å². The van der Waals surface area contributed by atoms with Crippen LogP contribution in [0.4, 0.5) is 4.39 Å². The van der Waals surface area contributed by atoms with Crippen molar-refractivity contribution in [3.8, 4) is 5.69 Å². The number of amides is 1. The molecule has 9 heteroatoms. The van der Waals surface area contributed by atoms with Crippen molar-refractivity contribution in [3.63, 3.8) is 0 Å². The number of carbonyl (C=O) groups excluding carboxylic acids is 1. The normalized spacial score (nSPS) is 16.6.